The number of aliphatic imine (C=N–C) groups is 1. The van der Waals surface area contributed by atoms with Crippen LogP contribution in [0.25, 0.3) is 0 Å². The lowest BCUT2D eigenvalue weighted by molar-refractivity contribution is 0.121. The fourth-order valence-corrected chi connectivity index (χ4v) is 3.09. The number of aromatic nitrogens is 1. The van der Waals surface area contributed by atoms with Gasteiger partial charge in [-0.3, -0.25) is 0 Å². The highest BCUT2D eigenvalue weighted by atomic mass is 16.5. The van der Waals surface area contributed by atoms with Crippen molar-refractivity contribution in [2.24, 2.45) is 10.9 Å². The second-order valence-corrected chi connectivity index (χ2v) is 8.22. The minimum Gasteiger partial charge on any atom is -0.443 e. The largest absolute Gasteiger partial charge is 0.443 e. The average Bonchev–Trinajstić information content (AvgIpc) is 3.12. The first-order valence-electron chi connectivity index (χ1n) is 10.1. The Morgan fingerprint density at radius 1 is 1.33 bits per heavy atom. The summed E-state index contributed by atoms with van der Waals surface area (Å²) in [5.74, 6) is 3.06. The lowest BCUT2D eigenvalue weighted by atomic mass is 9.94. The van der Waals surface area contributed by atoms with Gasteiger partial charge >= 0.3 is 0 Å². The van der Waals surface area contributed by atoms with E-state index in [0.29, 0.717) is 18.4 Å². The van der Waals surface area contributed by atoms with E-state index in [1.807, 2.05) is 6.20 Å². The summed E-state index contributed by atoms with van der Waals surface area (Å²) in [6, 6.07) is 0. The third-order valence-electron chi connectivity index (χ3n) is 4.89. The summed E-state index contributed by atoms with van der Waals surface area (Å²) in [4.78, 5) is 11.5. The zero-order valence-electron chi connectivity index (χ0n) is 17.7. The van der Waals surface area contributed by atoms with E-state index in [1.165, 1.54) is 12.8 Å². The molecule has 2 rings (SSSR count). The van der Waals surface area contributed by atoms with Gasteiger partial charge in [-0.25, -0.2) is 9.98 Å². The molecule has 0 bridgehead atoms. The van der Waals surface area contributed by atoms with Crippen molar-refractivity contribution in [1.82, 2.24) is 20.5 Å². The molecular formula is C20H37N5O2. The Hall–Kier alpha value is -1.60. The average molecular weight is 380 g/mol. The predicted octanol–water partition coefficient (Wildman–Crippen LogP) is 2.39. The third-order valence-corrected chi connectivity index (χ3v) is 4.89. The molecule has 0 unspecified atom stereocenters. The van der Waals surface area contributed by atoms with E-state index in [4.69, 9.17) is 9.15 Å². The maximum atomic E-state index is 5.83. The fraction of sp³-hybridized carbons (Fsp3) is 0.800. The molecule has 2 N–H and O–H groups in total. The molecule has 1 saturated heterocycles. The minimum absolute atomic E-state index is 0.0319. The molecule has 27 heavy (non-hydrogen) atoms. The zero-order valence-corrected chi connectivity index (χ0v) is 17.7. The predicted molar refractivity (Wildman–Crippen MR) is 109 cm³/mol. The van der Waals surface area contributed by atoms with Gasteiger partial charge in [-0.15, -0.1) is 0 Å². The van der Waals surface area contributed by atoms with Crippen LogP contribution < -0.4 is 10.6 Å². The number of methoxy groups -OCH3 is 1. The zero-order chi connectivity index (χ0) is 19.7. The minimum atomic E-state index is -0.0319. The molecule has 2 heterocycles. The van der Waals surface area contributed by atoms with Gasteiger partial charge in [0.15, 0.2) is 5.96 Å². The Balaban J connectivity index is 1.79. The highest BCUT2D eigenvalue weighted by Crippen LogP contribution is 2.22. The van der Waals surface area contributed by atoms with Crippen LogP contribution in [0.1, 0.15) is 52.2 Å². The molecular weight excluding hydrogens is 342 g/mol. The summed E-state index contributed by atoms with van der Waals surface area (Å²) >= 11 is 0. The summed E-state index contributed by atoms with van der Waals surface area (Å²) in [6.07, 6.45) is 4.23. The molecule has 154 valence electrons. The molecule has 1 aromatic heterocycles. The number of piperidine rings is 1. The summed E-state index contributed by atoms with van der Waals surface area (Å²) < 4.78 is 11.0. The highest BCUT2D eigenvalue weighted by Gasteiger charge is 2.20. The Kier molecular flexibility index (Phi) is 8.57. The van der Waals surface area contributed by atoms with Crippen molar-refractivity contribution in [3.63, 3.8) is 0 Å². The molecule has 1 aromatic rings. The van der Waals surface area contributed by atoms with Gasteiger partial charge in [0.1, 0.15) is 12.3 Å². The molecule has 7 heteroatoms. The first-order valence-corrected chi connectivity index (χ1v) is 10.1. The van der Waals surface area contributed by atoms with Crippen molar-refractivity contribution in [3.8, 4) is 0 Å². The van der Waals surface area contributed by atoms with Crippen LogP contribution in [-0.2, 0) is 16.7 Å². The van der Waals surface area contributed by atoms with E-state index in [0.717, 1.165) is 51.1 Å². The van der Waals surface area contributed by atoms with Gasteiger partial charge in [-0.05, 0) is 38.8 Å². The van der Waals surface area contributed by atoms with E-state index in [9.17, 15) is 0 Å². The quantitative estimate of drug-likeness (QED) is 0.534. The monoisotopic (exact) mass is 379 g/mol. The number of rotatable bonds is 8. The van der Waals surface area contributed by atoms with Crippen LogP contribution in [0.15, 0.2) is 15.6 Å². The second kappa shape index (κ2) is 10.7. The van der Waals surface area contributed by atoms with E-state index in [-0.39, 0.29) is 5.41 Å². The molecule has 0 saturated carbocycles. The molecule has 0 aliphatic carbocycles. The lowest BCUT2D eigenvalue weighted by Crippen LogP contribution is -2.43. The topological polar surface area (TPSA) is 74.9 Å². The maximum Gasteiger partial charge on any atom is 0.216 e. The van der Waals surface area contributed by atoms with Crippen LogP contribution in [0.2, 0.25) is 0 Å². The molecule has 1 aliphatic heterocycles. The molecule has 0 atom stereocenters. The third kappa shape index (κ3) is 7.50. The van der Waals surface area contributed by atoms with Crippen LogP contribution in [0.3, 0.4) is 0 Å². The Bertz CT molecular complexity index is 571. The number of nitrogens with one attached hydrogen (secondary N) is 2. The summed E-state index contributed by atoms with van der Waals surface area (Å²) in [6.45, 7) is 14.8. The van der Waals surface area contributed by atoms with Gasteiger partial charge in [0.25, 0.3) is 0 Å². The van der Waals surface area contributed by atoms with Crippen LogP contribution in [0, 0.1) is 5.92 Å². The van der Waals surface area contributed by atoms with Crippen molar-refractivity contribution in [3.05, 3.63) is 17.8 Å². The molecule has 0 amide bonds. The van der Waals surface area contributed by atoms with E-state index < -0.39 is 0 Å². The standard InChI is InChI=1S/C20H37N5O2/c1-6-21-19(24-15-18-22-14-17(27-18)20(2,3)4)23-13-16-7-9-25(10-8-16)11-12-26-5/h14,16H,6-13,15H2,1-5H3,(H2,21,23,24). The summed E-state index contributed by atoms with van der Waals surface area (Å²) in [5, 5.41) is 6.79. The number of guanidine groups is 1. The number of hydrogen-bond acceptors (Lipinski definition) is 5. The number of nitrogens with zero attached hydrogens (tertiary/aromatic N) is 3. The van der Waals surface area contributed by atoms with Crippen LogP contribution >= 0.6 is 0 Å². The van der Waals surface area contributed by atoms with E-state index in [2.05, 4.69) is 53.2 Å². The Morgan fingerprint density at radius 2 is 2.07 bits per heavy atom. The van der Waals surface area contributed by atoms with Gasteiger partial charge in [-0.2, -0.15) is 0 Å². The number of hydrogen-bond donors (Lipinski definition) is 2. The molecule has 1 aliphatic rings. The van der Waals surface area contributed by atoms with Crippen LogP contribution in [-0.4, -0.2) is 62.3 Å². The number of ether oxygens (including phenoxy) is 1. The van der Waals surface area contributed by atoms with Gasteiger partial charge in [0.2, 0.25) is 5.89 Å². The Morgan fingerprint density at radius 3 is 2.67 bits per heavy atom. The number of likely N-dealkylation sites (tertiary alicyclic amines) is 1. The molecule has 0 spiro atoms. The second-order valence-electron chi connectivity index (χ2n) is 8.22. The highest BCUT2D eigenvalue weighted by molar-refractivity contribution is 5.79. The summed E-state index contributed by atoms with van der Waals surface area (Å²) in [5.41, 5.74) is -0.0319. The van der Waals surface area contributed by atoms with Crippen molar-refractivity contribution in [2.45, 2.75) is 52.5 Å². The van der Waals surface area contributed by atoms with E-state index >= 15 is 0 Å². The van der Waals surface area contributed by atoms with Crippen molar-refractivity contribution in [2.75, 3.05) is 46.4 Å². The number of oxazole rings is 1. The fourth-order valence-electron chi connectivity index (χ4n) is 3.09. The van der Waals surface area contributed by atoms with Crippen molar-refractivity contribution in [1.29, 1.82) is 0 Å². The summed E-state index contributed by atoms with van der Waals surface area (Å²) in [7, 11) is 1.76. The van der Waals surface area contributed by atoms with Gasteiger partial charge in [0, 0.05) is 32.2 Å². The normalized spacial score (nSPS) is 17.3. The smallest absolute Gasteiger partial charge is 0.216 e. The lowest BCUT2D eigenvalue weighted by Gasteiger charge is -2.32. The first-order chi connectivity index (χ1) is 12.9. The van der Waals surface area contributed by atoms with Crippen LogP contribution in [0.5, 0.6) is 0 Å². The molecule has 7 nitrogen and oxygen atoms in total. The van der Waals surface area contributed by atoms with Gasteiger partial charge in [0.05, 0.1) is 12.8 Å². The van der Waals surface area contributed by atoms with Crippen molar-refractivity contribution >= 4 is 5.96 Å². The van der Waals surface area contributed by atoms with Crippen LogP contribution in [0.4, 0.5) is 0 Å². The molecule has 1 fully saturated rings. The van der Waals surface area contributed by atoms with Crippen molar-refractivity contribution < 1.29 is 9.15 Å². The van der Waals surface area contributed by atoms with E-state index in [1.54, 1.807) is 7.11 Å². The Labute approximate surface area is 164 Å². The first kappa shape index (κ1) is 21.7. The molecule has 0 aromatic carbocycles. The molecule has 0 radical (unpaired) electrons. The van der Waals surface area contributed by atoms with Gasteiger partial charge < -0.3 is 24.7 Å². The SMILES string of the molecule is CCNC(=NCc1ncc(C(C)(C)C)o1)NCC1CCN(CCOC)CC1. The van der Waals surface area contributed by atoms with Gasteiger partial charge in [-0.1, -0.05) is 20.8 Å². The maximum absolute atomic E-state index is 5.83.